The minimum atomic E-state index is -0.197. The molecule has 0 spiro atoms. The van der Waals surface area contributed by atoms with Gasteiger partial charge in [-0.15, -0.1) is 0 Å². The third kappa shape index (κ3) is 8.25. The van der Waals surface area contributed by atoms with Crippen molar-refractivity contribution in [3.05, 3.63) is 54.1 Å². The van der Waals surface area contributed by atoms with Crippen LogP contribution in [0.15, 0.2) is 48.5 Å². The summed E-state index contributed by atoms with van der Waals surface area (Å²) in [5.74, 6) is 1.01. The Kier molecular flexibility index (Phi) is 8.52. The van der Waals surface area contributed by atoms with Gasteiger partial charge in [0.2, 0.25) is 5.91 Å². The zero-order valence-corrected chi connectivity index (χ0v) is 17.6. The summed E-state index contributed by atoms with van der Waals surface area (Å²) in [6.07, 6.45) is 0.994. The van der Waals surface area contributed by atoms with Crippen molar-refractivity contribution in [1.82, 2.24) is 5.32 Å². The molecule has 29 heavy (non-hydrogen) atoms. The molecule has 0 aliphatic heterocycles. The van der Waals surface area contributed by atoms with E-state index in [4.69, 9.17) is 4.74 Å². The Morgan fingerprint density at radius 3 is 2.41 bits per heavy atom. The van der Waals surface area contributed by atoms with Gasteiger partial charge in [-0.2, -0.15) is 0 Å². The van der Waals surface area contributed by atoms with Crippen molar-refractivity contribution < 1.29 is 14.3 Å². The van der Waals surface area contributed by atoms with E-state index in [-0.39, 0.29) is 24.4 Å². The van der Waals surface area contributed by atoms with Gasteiger partial charge >= 0.3 is 0 Å². The molecule has 0 aliphatic carbocycles. The Hall–Kier alpha value is -3.02. The number of anilines is 2. The van der Waals surface area contributed by atoms with E-state index in [0.717, 1.165) is 17.9 Å². The molecule has 0 atom stereocenters. The maximum atomic E-state index is 12.3. The number of nitrogens with one attached hydrogen (secondary N) is 3. The average molecular weight is 398 g/mol. The molecule has 0 unspecified atom stereocenters. The minimum Gasteiger partial charge on any atom is -0.494 e. The first-order valence-corrected chi connectivity index (χ1v) is 10.0. The lowest BCUT2D eigenvalue weighted by atomic mass is 10.1. The number of amides is 2. The van der Waals surface area contributed by atoms with Gasteiger partial charge in [0.1, 0.15) is 5.75 Å². The van der Waals surface area contributed by atoms with Crippen LogP contribution in [0, 0.1) is 5.92 Å². The predicted octanol–water partition coefficient (Wildman–Crippen LogP) is 4.30. The summed E-state index contributed by atoms with van der Waals surface area (Å²) in [4.78, 5) is 24.4. The van der Waals surface area contributed by atoms with Crippen LogP contribution in [0.2, 0.25) is 0 Å². The molecular formula is C23H31N3O3. The average Bonchev–Trinajstić information content (AvgIpc) is 2.66. The maximum Gasteiger partial charge on any atom is 0.251 e. The van der Waals surface area contributed by atoms with Crippen molar-refractivity contribution in [2.45, 2.75) is 40.2 Å². The molecule has 2 rings (SSSR count). The number of carbonyl (C=O) groups excluding carboxylic acids is 2. The number of hydrogen-bond donors (Lipinski definition) is 3. The van der Waals surface area contributed by atoms with Crippen LogP contribution in [-0.4, -0.2) is 31.0 Å². The fourth-order valence-corrected chi connectivity index (χ4v) is 2.58. The number of hydrogen-bond acceptors (Lipinski definition) is 4. The molecule has 2 aromatic carbocycles. The van der Waals surface area contributed by atoms with Gasteiger partial charge in [0.05, 0.1) is 13.2 Å². The van der Waals surface area contributed by atoms with E-state index >= 15 is 0 Å². The largest absolute Gasteiger partial charge is 0.494 e. The Bertz CT molecular complexity index is 819. The Morgan fingerprint density at radius 2 is 1.69 bits per heavy atom. The van der Waals surface area contributed by atoms with Crippen LogP contribution in [0.4, 0.5) is 11.4 Å². The summed E-state index contributed by atoms with van der Waals surface area (Å²) >= 11 is 0. The summed E-state index contributed by atoms with van der Waals surface area (Å²) in [6, 6.07) is 14.5. The van der Waals surface area contributed by atoms with Crippen LogP contribution < -0.4 is 20.7 Å². The van der Waals surface area contributed by atoms with E-state index in [1.807, 2.05) is 38.1 Å². The summed E-state index contributed by atoms with van der Waals surface area (Å²) in [6.45, 7) is 8.90. The van der Waals surface area contributed by atoms with Crippen molar-refractivity contribution in [3.8, 4) is 5.75 Å². The summed E-state index contributed by atoms with van der Waals surface area (Å²) in [5, 5.41) is 8.74. The molecule has 0 saturated carbocycles. The van der Waals surface area contributed by atoms with Crippen LogP contribution in [0.25, 0.3) is 0 Å². The number of rotatable bonds is 10. The smallest absolute Gasteiger partial charge is 0.251 e. The fraction of sp³-hybridized carbons (Fsp3) is 0.391. The van der Waals surface area contributed by atoms with E-state index < -0.39 is 0 Å². The SMILES string of the molecule is CC(C)CCOc1cccc(NCC(=O)Nc2cccc(C(=O)NC(C)C)c2)c1. The molecule has 6 heteroatoms. The van der Waals surface area contributed by atoms with Gasteiger partial charge in [-0.25, -0.2) is 0 Å². The molecule has 0 fully saturated rings. The Morgan fingerprint density at radius 1 is 0.966 bits per heavy atom. The molecular weight excluding hydrogens is 366 g/mol. The summed E-state index contributed by atoms with van der Waals surface area (Å²) < 4.78 is 5.74. The monoisotopic (exact) mass is 397 g/mol. The van der Waals surface area contributed by atoms with Gasteiger partial charge in [0, 0.05) is 29.0 Å². The molecule has 0 radical (unpaired) electrons. The number of ether oxygens (including phenoxy) is 1. The zero-order chi connectivity index (χ0) is 21.2. The van der Waals surface area contributed by atoms with E-state index in [2.05, 4.69) is 29.8 Å². The second-order valence-electron chi connectivity index (χ2n) is 7.67. The molecule has 156 valence electrons. The number of carbonyl (C=O) groups is 2. The minimum absolute atomic E-state index is 0.0510. The first-order valence-electron chi connectivity index (χ1n) is 10.0. The van der Waals surface area contributed by atoms with Gasteiger partial charge in [0.15, 0.2) is 0 Å². The standard InChI is InChI=1S/C23H31N3O3/c1-16(2)11-12-29-21-10-6-8-19(14-21)24-15-22(27)26-20-9-5-7-18(13-20)23(28)25-17(3)4/h5-10,13-14,16-17,24H,11-12,15H2,1-4H3,(H,25,28)(H,26,27). The lowest BCUT2D eigenvalue weighted by Crippen LogP contribution is -2.30. The first-order chi connectivity index (χ1) is 13.8. The van der Waals surface area contributed by atoms with Crippen molar-refractivity contribution in [3.63, 3.8) is 0 Å². The van der Waals surface area contributed by atoms with Gasteiger partial charge in [0.25, 0.3) is 5.91 Å². The van der Waals surface area contributed by atoms with Gasteiger partial charge in [-0.1, -0.05) is 26.0 Å². The Labute approximate surface area is 173 Å². The lowest BCUT2D eigenvalue weighted by Gasteiger charge is -2.12. The summed E-state index contributed by atoms with van der Waals surface area (Å²) in [5.41, 5.74) is 1.90. The highest BCUT2D eigenvalue weighted by Crippen LogP contribution is 2.18. The second-order valence-corrected chi connectivity index (χ2v) is 7.67. The predicted molar refractivity (Wildman–Crippen MR) is 118 cm³/mol. The van der Waals surface area contributed by atoms with Crippen molar-refractivity contribution >= 4 is 23.2 Å². The molecule has 0 aliphatic rings. The lowest BCUT2D eigenvalue weighted by molar-refractivity contribution is -0.114. The molecule has 0 bridgehead atoms. The van der Waals surface area contributed by atoms with Crippen LogP contribution in [0.1, 0.15) is 44.5 Å². The highest BCUT2D eigenvalue weighted by atomic mass is 16.5. The fourth-order valence-electron chi connectivity index (χ4n) is 2.58. The van der Waals surface area contributed by atoms with Crippen LogP contribution in [0.5, 0.6) is 5.75 Å². The molecule has 0 saturated heterocycles. The highest BCUT2D eigenvalue weighted by Gasteiger charge is 2.09. The topological polar surface area (TPSA) is 79.5 Å². The maximum absolute atomic E-state index is 12.3. The zero-order valence-electron chi connectivity index (χ0n) is 17.6. The van der Waals surface area contributed by atoms with Crippen LogP contribution in [0.3, 0.4) is 0 Å². The molecule has 6 nitrogen and oxygen atoms in total. The number of benzene rings is 2. The van der Waals surface area contributed by atoms with Crippen LogP contribution in [-0.2, 0) is 4.79 Å². The van der Waals surface area contributed by atoms with Crippen LogP contribution >= 0.6 is 0 Å². The van der Waals surface area contributed by atoms with Crippen molar-refractivity contribution in [2.24, 2.45) is 5.92 Å². The molecule has 2 amide bonds. The van der Waals surface area contributed by atoms with Gasteiger partial charge in [-0.3, -0.25) is 9.59 Å². The van der Waals surface area contributed by atoms with E-state index in [0.29, 0.717) is 23.8 Å². The molecule has 0 aromatic heterocycles. The molecule has 3 N–H and O–H groups in total. The highest BCUT2D eigenvalue weighted by molar-refractivity contribution is 5.98. The second kappa shape index (κ2) is 11.1. The van der Waals surface area contributed by atoms with Crippen molar-refractivity contribution in [2.75, 3.05) is 23.8 Å². The first kappa shape index (κ1) is 22.3. The quantitative estimate of drug-likeness (QED) is 0.558. The van der Waals surface area contributed by atoms with E-state index in [9.17, 15) is 9.59 Å². The molecule has 2 aromatic rings. The molecule has 0 heterocycles. The third-order valence-corrected chi connectivity index (χ3v) is 4.08. The normalized spacial score (nSPS) is 10.7. The van der Waals surface area contributed by atoms with E-state index in [1.165, 1.54) is 0 Å². The van der Waals surface area contributed by atoms with Gasteiger partial charge < -0.3 is 20.7 Å². The van der Waals surface area contributed by atoms with Gasteiger partial charge in [-0.05, 0) is 56.5 Å². The van der Waals surface area contributed by atoms with Crippen molar-refractivity contribution in [1.29, 1.82) is 0 Å². The van der Waals surface area contributed by atoms with E-state index in [1.54, 1.807) is 24.3 Å². The third-order valence-electron chi connectivity index (χ3n) is 4.08. The summed E-state index contributed by atoms with van der Waals surface area (Å²) in [7, 11) is 0. The Balaban J connectivity index is 1.86.